The zero-order valence-corrected chi connectivity index (χ0v) is 14.2. The molecule has 0 saturated heterocycles. The number of hydrogen-bond donors (Lipinski definition) is 1. The highest BCUT2D eigenvalue weighted by Gasteiger charge is 2.19. The molecule has 0 aliphatic carbocycles. The van der Waals surface area contributed by atoms with Crippen molar-refractivity contribution in [2.45, 2.75) is 46.2 Å². The van der Waals surface area contributed by atoms with E-state index < -0.39 is 10.0 Å². The molecule has 0 unspecified atom stereocenters. The molecule has 1 rings (SSSR count). The van der Waals surface area contributed by atoms with Crippen LogP contribution in [0.3, 0.4) is 0 Å². The molecule has 0 aliphatic rings. The van der Waals surface area contributed by atoms with E-state index in [0.717, 1.165) is 18.5 Å². The Labute approximate surface area is 129 Å². The van der Waals surface area contributed by atoms with Gasteiger partial charge < -0.3 is 5.32 Å². The third-order valence-corrected chi connectivity index (χ3v) is 5.31. The number of unbranched alkanes of at least 4 members (excludes halogenated alkanes) is 1. The Kier molecular flexibility index (Phi) is 7.93. The molecule has 0 aliphatic heterocycles. The Bertz CT molecular complexity index is 486. The monoisotopic (exact) mass is 312 g/mol. The van der Waals surface area contributed by atoms with Gasteiger partial charge in [-0.3, -0.25) is 0 Å². The van der Waals surface area contributed by atoms with Crippen molar-refractivity contribution in [2.75, 3.05) is 18.8 Å². The zero-order valence-electron chi connectivity index (χ0n) is 13.4. The third kappa shape index (κ3) is 7.07. The summed E-state index contributed by atoms with van der Waals surface area (Å²) in [4.78, 5) is 0. The Morgan fingerprint density at radius 2 is 1.81 bits per heavy atom. The maximum atomic E-state index is 12.4. The van der Waals surface area contributed by atoms with Crippen LogP contribution in [0.1, 0.15) is 39.2 Å². The van der Waals surface area contributed by atoms with Crippen molar-refractivity contribution >= 4 is 10.0 Å². The number of hydrogen-bond acceptors (Lipinski definition) is 3. The van der Waals surface area contributed by atoms with Gasteiger partial charge in [0.15, 0.2) is 0 Å². The van der Waals surface area contributed by atoms with Gasteiger partial charge in [0.2, 0.25) is 10.0 Å². The molecule has 120 valence electrons. The molecule has 1 N–H and O–H groups in total. The average molecular weight is 312 g/mol. The summed E-state index contributed by atoms with van der Waals surface area (Å²) in [6.07, 6.45) is 1.59. The summed E-state index contributed by atoms with van der Waals surface area (Å²) in [5.74, 6) is 0.230. The Morgan fingerprint density at radius 1 is 1.14 bits per heavy atom. The SMILES string of the molecule is CCN(Cc1ccccc1)S(=O)(=O)CCCCNC(C)C. The van der Waals surface area contributed by atoms with Gasteiger partial charge in [-0.15, -0.1) is 0 Å². The topological polar surface area (TPSA) is 49.4 Å². The molecule has 0 spiro atoms. The first-order valence-electron chi connectivity index (χ1n) is 7.71. The van der Waals surface area contributed by atoms with Gasteiger partial charge in [-0.25, -0.2) is 8.42 Å². The molecule has 1 aromatic carbocycles. The summed E-state index contributed by atoms with van der Waals surface area (Å²) < 4.78 is 26.3. The first kappa shape index (κ1) is 18.1. The fourth-order valence-corrected chi connectivity index (χ4v) is 3.69. The van der Waals surface area contributed by atoms with Crippen LogP contribution in [0.2, 0.25) is 0 Å². The van der Waals surface area contributed by atoms with E-state index in [2.05, 4.69) is 19.2 Å². The molecule has 0 fully saturated rings. The second-order valence-electron chi connectivity index (χ2n) is 5.54. The molecule has 0 heterocycles. The van der Waals surface area contributed by atoms with Crippen LogP contribution in [-0.4, -0.2) is 37.6 Å². The van der Waals surface area contributed by atoms with E-state index in [9.17, 15) is 8.42 Å². The van der Waals surface area contributed by atoms with E-state index in [1.54, 1.807) is 4.31 Å². The Hall–Kier alpha value is -0.910. The molecule has 5 heteroatoms. The summed E-state index contributed by atoms with van der Waals surface area (Å²) in [6, 6.07) is 10.2. The maximum absolute atomic E-state index is 12.4. The lowest BCUT2D eigenvalue weighted by Gasteiger charge is -2.20. The van der Waals surface area contributed by atoms with Crippen molar-refractivity contribution in [3.05, 3.63) is 35.9 Å². The van der Waals surface area contributed by atoms with Crippen LogP contribution in [0, 0.1) is 0 Å². The lowest BCUT2D eigenvalue weighted by Crippen LogP contribution is -2.32. The number of nitrogens with zero attached hydrogens (tertiary/aromatic N) is 1. The average Bonchev–Trinajstić information content (AvgIpc) is 2.45. The molecule has 0 atom stereocenters. The van der Waals surface area contributed by atoms with Gasteiger partial charge in [0.25, 0.3) is 0 Å². The smallest absolute Gasteiger partial charge is 0.214 e. The highest BCUT2D eigenvalue weighted by atomic mass is 32.2. The Balaban J connectivity index is 2.46. The minimum Gasteiger partial charge on any atom is -0.315 e. The van der Waals surface area contributed by atoms with Crippen LogP contribution in [0.25, 0.3) is 0 Å². The summed E-state index contributed by atoms with van der Waals surface area (Å²) in [7, 11) is -3.17. The van der Waals surface area contributed by atoms with Crippen LogP contribution in [0.4, 0.5) is 0 Å². The van der Waals surface area contributed by atoms with Crippen molar-refractivity contribution in [1.82, 2.24) is 9.62 Å². The summed E-state index contributed by atoms with van der Waals surface area (Å²) in [6.45, 7) is 7.93. The molecule has 21 heavy (non-hydrogen) atoms. The van der Waals surface area contributed by atoms with Gasteiger partial charge in [-0.2, -0.15) is 4.31 Å². The van der Waals surface area contributed by atoms with Gasteiger partial charge in [-0.1, -0.05) is 51.1 Å². The summed E-state index contributed by atoms with van der Waals surface area (Å²) in [5.41, 5.74) is 1.03. The molecule has 0 bridgehead atoms. The molecule has 1 aromatic rings. The van der Waals surface area contributed by atoms with Gasteiger partial charge in [0, 0.05) is 19.1 Å². The number of benzene rings is 1. The second-order valence-corrected chi connectivity index (χ2v) is 7.63. The second kappa shape index (κ2) is 9.18. The molecular weight excluding hydrogens is 284 g/mol. The van der Waals surface area contributed by atoms with E-state index in [0.29, 0.717) is 25.6 Å². The molecular formula is C16H28N2O2S. The van der Waals surface area contributed by atoms with E-state index in [1.807, 2.05) is 37.3 Å². The molecule has 4 nitrogen and oxygen atoms in total. The predicted molar refractivity (Wildman–Crippen MR) is 88.7 cm³/mol. The minimum absolute atomic E-state index is 0.230. The van der Waals surface area contributed by atoms with Gasteiger partial charge in [-0.05, 0) is 24.9 Å². The fourth-order valence-electron chi connectivity index (χ4n) is 2.12. The number of nitrogens with one attached hydrogen (secondary N) is 1. The molecule has 0 saturated carbocycles. The van der Waals surface area contributed by atoms with Crippen molar-refractivity contribution in [2.24, 2.45) is 0 Å². The molecule has 0 aromatic heterocycles. The fraction of sp³-hybridized carbons (Fsp3) is 0.625. The van der Waals surface area contributed by atoms with Crippen molar-refractivity contribution < 1.29 is 8.42 Å². The summed E-state index contributed by atoms with van der Waals surface area (Å²) >= 11 is 0. The third-order valence-electron chi connectivity index (χ3n) is 3.33. The van der Waals surface area contributed by atoms with Crippen LogP contribution in [0.5, 0.6) is 0 Å². The lowest BCUT2D eigenvalue weighted by molar-refractivity contribution is 0.421. The molecule has 0 radical (unpaired) electrons. The lowest BCUT2D eigenvalue weighted by atomic mass is 10.2. The van der Waals surface area contributed by atoms with Gasteiger partial charge in [0.1, 0.15) is 0 Å². The van der Waals surface area contributed by atoms with Gasteiger partial charge in [0.05, 0.1) is 5.75 Å². The zero-order chi connectivity index (χ0) is 15.7. The van der Waals surface area contributed by atoms with E-state index in [-0.39, 0.29) is 5.75 Å². The Morgan fingerprint density at radius 3 is 2.38 bits per heavy atom. The highest BCUT2D eigenvalue weighted by molar-refractivity contribution is 7.89. The quantitative estimate of drug-likeness (QED) is 0.676. The highest BCUT2D eigenvalue weighted by Crippen LogP contribution is 2.11. The predicted octanol–water partition coefficient (Wildman–Crippen LogP) is 2.62. The summed E-state index contributed by atoms with van der Waals surface area (Å²) in [5, 5.41) is 3.31. The standard InChI is InChI=1S/C16H28N2O2S/c1-4-18(14-16-10-6-5-7-11-16)21(19,20)13-9-8-12-17-15(2)3/h5-7,10-11,15,17H,4,8-9,12-14H2,1-3H3. The number of rotatable bonds is 10. The minimum atomic E-state index is -3.17. The largest absolute Gasteiger partial charge is 0.315 e. The first-order valence-corrected chi connectivity index (χ1v) is 9.31. The molecule has 0 amide bonds. The van der Waals surface area contributed by atoms with Crippen LogP contribution in [0.15, 0.2) is 30.3 Å². The number of sulfonamides is 1. The van der Waals surface area contributed by atoms with Crippen molar-refractivity contribution in [3.8, 4) is 0 Å². The van der Waals surface area contributed by atoms with Crippen LogP contribution < -0.4 is 5.32 Å². The van der Waals surface area contributed by atoms with Crippen LogP contribution in [-0.2, 0) is 16.6 Å². The van der Waals surface area contributed by atoms with Gasteiger partial charge >= 0.3 is 0 Å². The van der Waals surface area contributed by atoms with E-state index >= 15 is 0 Å². The van der Waals surface area contributed by atoms with E-state index in [1.165, 1.54) is 0 Å². The van der Waals surface area contributed by atoms with Crippen molar-refractivity contribution in [3.63, 3.8) is 0 Å². The maximum Gasteiger partial charge on any atom is 0.214 e. The normalized spacial score (nSPS) is 12.2. The van der Waals surface area contributed by atoms with E-state index in [4.69, 9.17) is 0 Å². The van der Waals surface area contributed by atoms with Crippen molar-refractivity contribution in [1.29, 1.82) is 0 Å². The first-order chi connectivity index (χ1) is 9.95. The van der Waals surface area contributed by atoms with Crippen LogP contribution >= 0.6 is 0 Å².